The molecular weight excluding hydrogens is 396 g/mol. The maximum absolute atomic E-state index is 12.9. The molecule has 0 bridgehead atoms. The van der Waals surface area contributed by atoms with Crippen LogP contribution in [0.2, 0.25) is 0 Å². The van der Waals surface area contributed by atoms with Gasteiger partial charge in [-0.3, -0.25) is 4.79 Å². The molecule has 1 aliphatic carbocycles. The highest BCUT2D eigenvalue weighted by Crippen LogP contribution is 2.32. The SMILES string of the molecule is C[C@H]1COc2ccc(CN(C3CC3)S(C)(=O)=O)cc2CN1C(=O)c1ccsc1. The smallest absolute Gasteiger partial charge is 0.255 e. The molecule has 1 aromatic carbocycles. The first-order valence-electron chi connectivity index (χ1n) is 9.37. The van der Waals surface area contributed by atoms with Gasteiger partial charge in [-0.1, -0.05) is 6.07 Å². The number of thiophene rings is 1. The Bertz CT molecular complexity index is 968. The number of benzene rings is 1. The predicted octanol–water partition coefficient (Wildman–Crippen LogP) is 3.10. The standard InChI is InChI=1S/C20H24N2O4S2/c1-14-12-26-19-6-3-15(10-22(18-4-5-18)28(2,24)25)9-17(19)11-21(14)20(23)16-7-8-27-13-16/h3,6-9,13-14,18H,4-5,10-12H2,1-2H3/t14-/m0/s1. The summed E-state index contributed by atoms with van der Waals surface area (Å²) in [4.78, 5) is 14.7. The van der Waals surface area contributed by atoms with Gasteiger partial charge in [-0.2, -0.15) is 15.6 Å². The van der Waals surface area contributed by atoms with Crippen molar-refractivity contribution in [3.05, 3.63) is 51.7 Å². The molecule has 0 saturated heterocycles. The number of carbonyl (C=O) groups is 1. The van der Waals surface area contributed by atoms with Gasteiger partial charge < -0.3 is 9.64 Å². The molecule has 0 N–H and O–H groups in total. The second-order valence-corrected chi connectivity index (χ2v) is 10.3. The number of sulfonamides is 1. The fourth-order valence-corrected chi connectivity index (χ4v) is 5.28. The highest BCUT2D eigenvalue weighted by molar-refractivity contribution is 7.88. The number of hydrogen-bond donors (Lipinski definition) is 0. The molecule has 1 saturated carbocycles. The molecule has 1 amide bonds. The number of ether oxygens (including phenoxy) is 1. The average molecular weight is 421 g/mol. The van der Waals surface area contributed by atoms with Gasteiger partial charge in [0, 0.05) is 23.5 Å². The van der Waals surface area contributed by atoms with E-state index in [1.807, 2.05) is 46.8 Å². The van der Waals surface area contributed by atoms with Crippen molar-refractivity contribution in [3.8, 4) is 5.75 Å². The van der Waals surface area contributed by atoms with Crippen molar-refractivity contribution < 1.29 is 17.9 Å². The predicted molar refractivity (Wildman–Crippen MR) is 109 cm³/mol. The summed E-state index contributed by atoms with van der Waals surface area (Å²) in [5.41, 5.74) is 2.51. The van der Waals surface area contributed by atoms with Crippen molar-refractivity contribution in [2.45, 2.75) is 44.9 Å². The Morgan fingerprint density at radius 1 is 1.32 bits per heavy atom. The van der Waals surface area contributed by atoms with Gasteiger partial charge in [-0.25, -0.2) is 8.42 Å². The summed E-state index contributed by atoms with van der Waals surface area (Å²) in [6.07, 6.45) is 3.10. The zero-order valence-electron chi connectivity index (χ0n) is 16.0. The second kappa shape index (κ2) is 7.50. The summed E-state index contributed by atoms with van der Waals surface area (Å²) in [7, 11) is -3.25. The van der Waals surface area contributed by atoms with Crippen molar-refractivity contribution in [1.29, 1.82) is 0 Å². The van der Waals surface area contributed by atoms with Crippen molar-refractivity contribution in [2.75, 3.05) is 12.9 Å². The van der Waals surface area contributed by atoms with Gasteiger partial charge in [0.25, 0.3) is 5.91 Å². The molecule has 1 atom stereocenters. The Kier molecular flexibility index (Phi) is 5.20. The highest BCUT2D eigenvalue weighted by atomic mass is 32.2. The number of amides is 1. The molecule has 0 unspecified atom stereocenters. The normalized spacial score (nSPS) is 19.8. The largest absolute Gasteiger partial charge is 0.491 e. The summed E-state index contributed by atoms with van der Waals surface area (Å²) in [5.74, 6) is 0.750. The van der Waals surface area contributed by atoms with Gasteiger partial charge in [-0.05, 0) is 48.9 Å². The van der Waals surface area contributed by atoms with Crippen LogP contribution in [0.1, 0.15) is 41.3 Å². The molecule has 1 aliphatic heterocycles. The third kappa shape index (κ3) is 4.09. The Morgan fingerprint density at radius 3 is 2.75 bits per heavy atom. The summed E-state index contributed by atoms with van der Waals surface area (Å²) in [5, 5.41) is 3.76. The topological polar surface area (TPSA) is 66.9 Å². The van der Waals surface area contributed by atoms with Crippen LogP contribution in [0.25, 0.3) is 0 Å². The zero-order chi connectivity index (χ0) is 19.9. The van der Waals surface area contributed by atoms with E-state index >= 15 is 0 Å². The maximum Gasteiger partial charge on any atom is 0.255 e. The summed E-state index contributed by atoms with van der Waals surface area (Å²) < 4.78 is 31.7. The van der Waals surface area contributed by atoms with Crippen LogP contribution in [0.3, 0.4) is 0 Å². The van der Waals surface area contributed by atoms with Gasteiger partial charge in [0.1, 0.15) is 12.4 Å². The second-order valence-electron chi connectivity index (χ2n) is 7.59. The first kappa shape index (κ1) is 19.4. The first-order valence-corrected chi connectivity index (χ1v) is 12.2. The van der Waals surface area contributed by atoms with Crippen LogP contribution in [0.15, 0.2) is 35.0 Å². The lowest BCUT2D eigenvalue weighted by Gasteiger charge is -2.26. The minimum Gasteiger partial charge on any atom is -0.491 e. The Morgan fingerprint density at radius 2 is 2.11 bits per heavy atom. The lowest BCUT2D eigenvalue weighted by Crippen LogP contribution is -2.39. The van der Waals surface area contributed by atoms with Gasteiger partial charge in [0.15, 0.2) is 0 Å². The summed E-state index contributed by atoms with van der Waals surface area (Å²) >= 11 is 1.50. The lowest BCUT2D eigenvalue weighted by atomic mass is 10.1. The van der Waals surface area contributed by atoms with E-state index in [9.17, 15) is 13.2 Å². The molecule has 8 heteroatoms. The average Bonchev–Trinajstić information content (AvgIpc) is 3.36. The molecule has 2 heterocycles. The zero-order valence-corrected chi connectivity index (χ0v) is 17.6. The van der Waals surface area contributed by atoms with E-state index in [1.165, 1.54) is 17.6 Å². The molecule has 2 aliphatic rings. The van der Waals surface area contributed by atoms with Crippen molar-refractivity contribution in [3.63, 3.8) is 0 Å². The molecule has 0 radical (unpaired) electrons. The van der Waals surface area contributed by atoms with Gasteiger partial charge >= 0.3 is 0 Å². The fourth-order valence-electron chi connectivity index (χ4n) is 3.52. The Labute approximate surface area is 169 Å². The van der Waals surface area contributed by atoms with Crippen LogP contribution in [0, 0.1) is 0 Å². The van der Waals surface area contributed by atoms with Crippen molar-refractivity contribution in [2.24, 2.45) is 0 Å². The van der Waals surface area contributed by atoms with Crippen LogP contribution in [0.5, 0.6) is 5.75 Å². The van der Waals surface area contributed by atoms with Gasteiger partial charge in [0.2, 0.25) is 10.0 Å². The van der Waals surface area contributed by atoms with E-state index in [0.717, 1.165) is 29.7 Å². The van der Waals surface area contributed by atoms with Gasteiger partial charge in [-0.15, -0.1) is 0 Å². The molecule has 4 rings (SSSR count). The van der Waals surface area contributed by atoms with E-state index in [2.05, 4.69) is 0 Å². The van der Waals surface area contributed by atoms with Crippen molar-refractivity contribution in [1.82, 2.24) is 9.21 Å². The quantitative estimate of drug-likeness (QED) is 0.746. The first-order chi connectivity index (χ1) is 13.3. The number of rotatable bonds is 5. The molecule has 6 nitrogen and oxygen atoms in total. The van der Waals surface area contributed by atoms with Crippen LogP contribution >= 0.6 is 11.3 Å². The molecule has 2 aromatic rings. The van der Waals surface area contributed by atoms with Crippen LogP contribution < -0.4 is 4.74 Å². The van der Waals surface area contributed by atoms with Crippen LogP contribution in [0.4, 0.5) is 0 Å². The summed E-state index contributed by atoms with van der Waals surface area (Å²) in [6.45, 7) is 3.21. The third-order valence-electron chi connectivity index (χ3n) is 5.23. The molecule has 0 spiro atoms. The number of carbonyl (C=O) groups excluding carboxylic acids is 1. The van der Waals surface area contributed by atoms with E-state index in [1.54, 1.807) is 4.31 Å². The Hall–Kier alpha value is -1.90. The number of fused-ring (bicyclic) bond motifs is 1. The lowest BCUT2D eigenvalue weighted by molar-refractivity contribution is 0.0646. The van der Waals surface area contributed by atoms with Gasteiger partial charge in [0.05, 0.1) is 24.4 Å². The monoisotopic (exact) mass is 420 g/mol. The minimum atomic E-state index is -3.25. The molecule has 150 valence electrons. The minimum absolute atomic E-state index is 0.00801. The van der Waals surface area contributed by atoms with E-state index < -0.39 is 10.0 Å². The fraction of sp³-hybridized carbons (Fsp3) is 0.450. The van der Waals surface area contributed by atoms with Crippen LogP contribution in [-0.4, -0.2) is 48.5 Å². The molecule has 1 fully saturated rings. The maximum atomic E-state index is 12.9. The number of hydrogen-bond acceptors (Lipinski definition) is 5. The van der Waals surface area contributed by atoms with E-state index in [-0.39, 0.29) is 18.0 Å². The van der Waals surface area contributed by atoms with E-state index in [4.69, 9.17) is 4.74 Å². The highest BCUT2D eigenvalue weighted by Gasteiger charge is 2.35. The third-order valence-corrected chi connectivity index (χ3v) is 7.19. The molecular formula is C20H24N2O4S2. The number of nitrogens with zero attached hydrogens (tertiary/aromatic N) is 2. The Balaban J connectivity index is 1.59. The van der Waals surface area contributed by atoms with Crippen LogP contribution in [-0.2, 0) is 23.1 Å². The van der Waals surface area contributed by atoms with E-state index in [0.29, 0.717) is 25.3 Å². The molecule has 28 heavy (non-hydrogen) atoms. The van der Waals surface area contributed by atoms with Crippen molar-refractivity contribution >= 4 is 27.3 Å². The molecule has 1 aromatic heterocycles. The summed E-state index contributed by atoms with van der Waals surface area (Å²) in [6, 6.07) is 7.68.